The normalized spacial score (nSPS) is 17.5. The van der Waals surface area contributed by atoms with Crippen LogP contribution in [-0.4, -0.2) is 27.4 Å². The fraction of sp³-hybridized carbons (Fsp3) is 0.467. The van der Waals surface area contributed by atoms with Gasteiger partial charge in [0.05, 0.1) is 5.69 Å². The molecule has 0 amide bonds. The van der Waals surface area contributed by atoms with Crippen LogP contribution in [0.25, 0.3) is 5.65 Å². The predicted molar refractivity (Wildman–Crippen MR) is 75.2 cm³/mol. The van der Waals surface area contributed by atoms with Crippen LogP contribution in [0.5, 0.6) is 0 Å². The molecule has 100 valence electrons. The molecule has 4 nitrogen and oxygen atoms in total. The molecule has 0 aliphatic carbocycles. The van der Waals surface area contributed by atoms with Crippen molar-refractivity contribution >= 4 is 5.65 Å². The Balaban J connectivity index is 1.86. The van der Waals surface area contributed by atoms with Gasteiger partial charge in [0.2, 0.25) is 0 Å². The van der Waals surface area contributed by atoms with E-state index in [1.807, 2.05) is 18.2 Å². The minimum atomic E-state index is 0.00965. The molecule has 1 aliphatic heterocycles. The van der Waals surface area contributed by atoms with E-state index in [1.54, 1.807) is 16.7 Å². The highest BCUT2D eigenvalue weighted by atomic mass is 16.1. The molecule has 2 aromatic rings. The Morgan fingerprint density at radius 3 is 2.68 bits per heavy atom. The fourth-order valence-electron chi connectivity index (χ4n) is 2.71. The summed E-state index contributed by atoms with van der Waals surface area (Å²) in [5, 5.41) is 0. The molecule has 0 radical (unpaired) electrons. The highest BCUT2D eigenvalue weighted by molar-refractivity contribution is 5.37. The third-order valence-corrected chi connectivity index (χ3v) is 3.71. The molecule has 0 aromatic carbocycles. The molecule has 0 spiro atoms. The van der Waals surface area contributed by atoms with Gasteiger partial charge in [0.1, 0.15) is 5.65 Å². The van der Waals surface area contributed by atoms with Gasteiger partial charge in [-0.25, -0.2) is 4.98 Å². The molecule has 1 saturated heterocycles. The summed E-state index contributed by atoms with van der Waals surface area (Å²) in [5.41, 5.74) is 1.63. The van der Waals surface area contributed by atoms with Crippen molar-refractivity contribution in [3.63, 3.8) is 0 Å². The van der Waals surface area contributed by atoms with Crippen LogP contribution < -0.4 is 5.56 Å². The second-order valence-electron chi connectivity index (χ2n) is 5.20. The Kier molecular flexibility index (Phi) is 3.60. The number of aromatic nitrogens is 2. The summed E-state index contributed by atoms with van der Waals surface area (Å²) in [4.78, 5) is 19.0. The van der Waals surface area contributed by atoms with Crippen LogP contribution in [0.2, 0.25) is 0 Å². The van der Waals surface area contributed by atoms with Gasteiger partial charge in [-0.2, -0.15) is 0 Å². The molecule has 19 heavy (non-hydrogen) atoms. The molecule has 0 atom stereocenters. The van der Waals surface area contributed by atoms with E-state index in [2.05, 4.69) is 9.88 Å². The van der Waals surface area contributed by atoms with Gasteiger partial charge in [0.25, 0.3) is 5.56 Å². The maximum atomic E-state index is 12.0. The first kappa shape index (κ1) is 12.4. The molecule has 1 fully saturated rings. The van der Waals surface area contributed by atoms with E-state index in [4.69, 9.17) is 0 Å². The summed E-state index contributed by atoms with van der Waals surface area (Å²) in [6.45, 7) is 3.03. The third-order valence-electron chi connectivity index (χ3n) is 3.71. The predicted octanol–water partition coefficient (Wildman–Crippen LogP) is 2.07. The van der Waals surface area contributed by atoms with Crippen LogP contribution >= 0.6 is 0 Å². The van der Waals surface area contributed by atoms with Crippen LogP contribution in [0.4, 0.5) is 0 Å². The van der Waals surface area contributed by atoms with Gasteiger partial charge < -0.3 is 0 Å². The van der Waals surface area contributed by atoms with Crippen molar-refractivity contribution in [2.75, 3.05) is 13.1 Å². The average molecular weight is 257 g/mol. The van der Waals surface area contributed by atoms with Crippen molar-refractivity contribution < 1.29 is 0 Å². The van der Waals surface area contributed by atoms with Crippen LogP contribution in [0.3, 0.4) is 0 Å². The number of hydrogen-bond donors (Lipinski definition) is 0. The molecule has 3 rings (SSSR count). The molecule has 4 heteroatoms. The van der Waals surface area contributed by atoms with E-state index in [9.17, 15) is 4.79 Å². The Morgan fingerprint density at radius 2 is 1.89 bits per heavy atom. The molecule has 0 saturated carbocycles. The Hall–Kier alpha value is -1.68. The molecular weight excluding hydrogens is 238 g/mol. The second kappa shape index (κ2) is 5.53. The zero-order chi connectivity index (χ0) is 13.1. The second-order valence-corrected chi connectivity index (χ2v) is 5.20. The smallest absolute Gasteiger partial charge is 0.258 e. The van der Waals surface area contributed by atoms with E-state index >= 15 is 0 Å². The average Bonchev–Trinajstić information content (AvgIpc) is 2.67. The molecular formula is C15H19N3O. The van der Waals surface area contributed by atoms with Crippen molar-refractivity contribution in [1.82, 2.24) is 14.3 Å². The minimum Gasteiger partial charge on any atom is -0.298 e. The summed E-state index contributed by atoms with van der Waals surface area (Å²) < 4.78 is 1.59. The standard InChI is InChI=1S/C15H19N3O/c19-15-11-13(12-17-8-4-1-2-5-9-17)16-14-7-3-6-10-18(14)15/h3,6-7,10-11H,1-2,4-5,8-9,12H2. The summed E-state index contributed by atoms with van der Waals surface area (Å²) >= 11 is 0. The van der Waals surface area contributed by atoms with E-state index in [-0.39, 0.29) is 5.56 Å². The van der Waals surface area contributed by atoms with Crippen molar-refractivity contribution in [1.29, 1.82) is 0 Å². The first-order valence-corrected chi connectivity index (χ1v) is 7.03. The molecule has 0 unspecified atom stereocenters. The Bertz CT molecular complexity index is 612. The van der Waals surface area contributed by atoms with Crippen molar-refractivity contribution in [3.8, 4) is 0 Å². The molecule has 1 aliphatic rings. The number of fused-ring (bicyclic) bond motifs is 1. The van der Waals surface area contributed by atoms with Gasteiger partial charge in [-0.05, 0) is 38.1 Å². The first-order valence-electron chi connectivity index (χ1n) is 7.03. The maximum Gasteiger partial charge on any atom is 0.258 e. The monoisotopic (exact) mass is 257 g/mol. The first-order chi connectivity index (χ1) is 9.33. The highest BCUT2D eigenvalue weighted by Crippen LogP contribution is 2.12. The van der Waals surface area contributed by atoms with Gasteiger partial charge in [-0.15, -0.1) is 0 Å². The largest absolute Gasteiger partial charge is 0.298 e. The van der Waals surface area contributed by atoms with Crippen LogP contribution in [-0.2, 0) is 6.54 Å². The van der Waals surface area contributed by atoms with Gasteiger partial charge >= 0.3 is 0 Å². The number of likely N-dealkylation sites (tertiary alicyclic amines) is 1. The van der Waals surface area contributed by atoms with E-state index in [0.717, 1.165) is 31.0 Å². The highest BCUT2D eigenvalue weighted by Gasteiger charge is 2.11. The lowest BCUT2D eigenvalue weighted by Crippen LogP contribution is -2.26. The van der Waals surface area contributed by atoms with Crippen LogP contribution in [0.1, 0.15) is 31.4 Å². The van der Waals surface area contributed by atoms with Gasteiger partial charge in [0.15, 0.2) is 0 Å². The number of nitrogens with zero attached hydrogens (tertiary/aromatic N) is 3. The fourth-order valence-corrected chi connectivity index (χ4v) is 2.71. The van der Waals surface area contributed by atoms with Crippen LogP contribution in [0.15, 0.2) is 35.3 Å². The Morgan fingerprint density at radius 1 is 1.11 bits per heavy atom. The van der Waals surface area contributed by atoms with Crippen LogP contribution in [0, 0.1) is 0 Å². The van der Waals surface area contributed by atoms with Gasteiger partial charge in [-0.3, -0.25) is 14.1 Å². The molecule has 3 heterocycles. The zero-order valence-electron chi connectivity index (χ0n) is 11.1. The summed E-state index contributed by atoms with van der Waals surface area (Å²) in [7, 11) is 0. The lowest BCUT2D eigenvalue weighted by molar-refractivity contribution is 0.273. The minimum absolute atomic E-state index is 0.00965. The number of rotatable bonds is 2. The topological polar surface area (TPSA) is 37.6 Å². The van der Waals surface area contributed by atoms with Gasteiger partial charge in [0, 0.05) is 18.8 Å². The SMILES string of the molecule is O=c1cc(CN2CCCCCC2)nc2ccccn12. The number of pyridine rings is 1. The quantitative estimate of drug-likeness (QED) is 0.826. The van der Waals surface area contributed by atoms with Gasteiger partial charge in [-0.1, -0.05) is 18.9 Å². The number of hydrogen-bond acceptors (Lipinski definition) is 3. The van der Waals surface area contributed by atoms with Crippen molar-refractivity contribution in [3.05, 3.63) is 46.5 Å². The Labute approximate surface area is 112 Å². The van der Waals surface area contributed by atoms with E-state index in [0.29, 0.717) is 0 Å². The molecule has 0 N–H and O–H groups in total. The lowest BCUT2D eigenvalue weighted by Gasteiger charge is -2.19. The summed E-state index contributed by atoms with van der Waals surface area (Å²) in [6, 6.07) is 7.31. The van der Waals surface area contributed by atoms with Crippen molar-refractivity contribution in [2.45, 2.75) is 32.2 Å². The van der Waals surface area contributed by atoms with Crippen molar-refractivity contribution in [2.24, 2.45) is 0 Å². The summed E-state index contributed by atoms with van der Waals surface area (Å²) in [5.74, 6) is 0. The lowest BCUT2D eigenvalue weighted by atomic mass is 10.2. The summed E-state index contributed by atoms with van der Waals surface area (Å²) in [6.07, 6.45) is 6.92. The zero-order valence-corrected chi connectivity index (χ0v) is 11.1. The van der Waals surface area contributed by atoms with E-state index in [1.165, 1.54) is 25.7 Å². The maximum absolute atomic E-state index is 12.0. The van der Waals surface area contributed by atoms with E-state index < -0.39 is 0 Å². The molecule has 2 aromatic heterocycles. The molecule has 0 bridgehead atoms. The third kappa shape index (κ3) is 2.84.